The lowest BCUT2D eigenvalue weighted by Gasteiger charge is -2.21. The van der Waals surface area contributed by atoms with Gasteiger partial charge < -0.3 is 14.5 Å². The maximum Gasteiger partial charge on any atom is 0.194 e. The molecule has 1 saturated heterocycles. The van der Waals surface area contributed by atoms with Gasteiger partial charge in [0.1, 0.15) is 5.76 Å². The molecule has 4 heteroatoms. The fraction of sp³-hybridized carbons (Fsp3) is 0.800. The van der Waals surface area contributed by atoms with Crippen molar-refractivity contribution in [2.75, 3.05) is 19.7 Å². The van der Waals surface area contributed by atoms with Crippen molar-refractivity contribution in [1.82, 2.24) is 10.3 Å². The third kappa shape index (κ3) is 5.33. The summed E-state index contributed by atoms with van der Waals surface area (Å²) >= 11 is 0. The van der Waals surface area contributed by atoms with Gasteiger partial charge in [-0.2, -0.15) is 0 Å². The molecular formula is C15H26N2O2. The monoisotopic (exact) mass is 266 g/mol. The van der Waals surface area contributed by atoms with Gasteiger partial charge in [-0.15, -0.1) is 0 Å². The van der Waals surface area contributed by atoms with Crippen molar-refractivity contribution in [3.8, 4) is 0 Å². The van der Waals surface area contributed by atoms with Gasteiger partial charge in [-0.25, -0.2) is 4.98 Å². The maximum absolute atomic E-state index is 5.77. The van der Waals surface area contributed by atoms with Crippen molar-refractivity contribution < 1.29 is 9.15 Å². The van der Waals surface area contributed by atoms with Crippen LogP contribution in [0.4, 0.5) is 0 Å². The molecular weight excluding hydrogens is 240 g/mol. The highest BCUT2D eigenvalue weighted by Gasteiger charge is 2.16. The van der Waals surface area contributed by atoms with E-state index in [9.17, 15) is 0 Å². The molecule has 4 nitrogen and oxygen atoms in total. The van der Waals surface area contributed by atoms with Crippen LogP contribution in [0.2, 0.25) is 0 Å². The van der Waals surface area contributed by atoms with Crippen LogP contribution in [-0.2, 0) is 17.6 Å². The molecule has 0 amide bonds. The normalized spacial score (nSPS) is 19.7. The second kappa shape index (κ2) is 8.33. The van der Waals surface area contributed by atoms with Crippen LogP contribution in [0.5, 0.6) is 0 Å². The fourth-order valence-corrected chi connectivity index (χ4v) is 2.42. The molecule has 2 heterocycles. The second-order valence-corrected chi connectivity index (χ2v) is 5.27. The summed E-state index contributed by atoms with van der Waals surface area (Å²) < 4.78 is 11.5. The first-order valence-corrected chi connectivity index (χ1v) is 7.64. The smallest absolute Gasteiger partial charge is 0.194 e. The molecule has 1 aliphatic heterocycles. The molecule has 0 saturated carbocycles. The van der Waals surface area contributed by atoms with Gasteiger partial charge in [-0.3, -0.25) is 0 Å². The van der Waals surface area contributed by atoms with Crippen LogP contribution in [0.1, 0.15) is 50.7 Å². The minimum atomic E-state index is 0.334. The standard InChI is InChI=1S/C15H26N2O2/c1-2-8-16-9-5-7-15-17-12-14(19-15)11-13-6-3-4-10-18-13/h12-13,16H,2-11H2,1H3. The van der Waals surface area contributed by atoms with Gasteiger partial charge in [-0.05, 0) is 45.2 Å². The number of rotatable bonds is 8. The van der Waals surface area contributed by atoms with E-state index in [0.717, 1.165) is 57.0 Å². The molecule has 1 unspecified atom stereocenters. The lowest BCUT2D eigenvalue weighted by atomic mass is 10.1. The molecule has 108 valence electrons. The van der Waals surface area contributed by atoms with Crippen LogP contribution in [0, 0.1) is 0 Å². The Balaban J connectivity index is 1.66. The van der Waals surface area contributed by atoms with Crippen LogP contribution in [-0.4, -0.2) is 30.8 Å². The van der Waals surface area contributed by atoms with Gasteiger partial charge in [-0.1, -0.05) is 6.92 Å². The summed E-state index contributed by atoms with van der Waals surface area (Å²) in [5.74, 6) is 1.84. The summed E-state index contributed by atoms with van der Waals surface area (Å²) in [6, 6.07) is 0. The molecule has 1 aliphatic rings. The van der Waals surface area contributed by atoms with Crippen LogP contribution in [0.15, 0.2) is 10.6 Å². The fourth-order valence-electron chi connectivity index (χ4n) is 2.42. The summed E-state index contributed by atoms with van der Waals surface area (Å²) in [6.07, 6.45) is 9.88. The molecule has 0 spiro atoms. The topological polar surface area (TPSA) is 47.3 Å². The molecule has 1 fully saturated rings. The van der Waals surface area contributed by atoms with Crippen LogP contribution >= 0.6 is 0 Å². The molecule has 1 N–H and O–H groups in total. The molecule has 0 aromatic carbocycles. The number of hydrogen-bond acceptors (Lipinski definition) is 4. The lowest BCUT2D eigenvalue weighted by Crippen LogP contribution is -2.21. The Morgan fingerprint density at radius 1 is 1.37 bits per heavy atom. The van der Waals surface area contributed by atoms with Crippen molar-refractivity contribution in [3.63, 3.8) is 0 Å². The molecule has 0 bridgehead atoms. The van der Waals surface area contributed by atoms with Crippen molar-refractivity contribution in [2.24, 2.45) is 0 Å². The SMILES string of the molecule is CCCNCCCc1ncc(CC2CCCCO2)o1. The van der Waals surface area contributed by atoms with Crippen LogP contribution in [0.25, 0.3) is 0 Å². The molecule has 1 aromatic heterocycles. The van der Waals surface area contributed by atoms with E-state index in [1.807, 2.05) is 6.20 Å². The number of oxazole rings is 1. The molecule has 1 aromatic rings. The number of aromatic nitrogens is 1. The summed E-state index contributed by atoms with van der Waals surface area (Å²) in [5.41, 5.74) is 0. The maximum atomic E-state index is 5.77. The Morgan fingerprint density at radius 2 is 2.32 bits per heavy atom. The third-order valence-corrected chi connectivity index (χ3v) is 3.48. The molecule has 19 heavy (non-hydrogen) atoms. The van der Waals surface area contributed by atoms with E-state index in [1.165, 1.54) is 19.3 Å². The van der Waals surface area contributed by atoms with Crippen molar-refractivity contribution in [1.29, 1.82) is 0 Å². The Morgan fingerprint density at radius 3 is 3.11 bits per heavy atom. The van der Waals surface area contributed by atoms with E-state index in [-0.39, 0.29) is 0 Å². The zero-order valence-corrected chi connectivity index (χ0v) is 12.0. The van der Waals surface area contributed by atoms with E-state index >= 15 is 0 Å². The Labute approximate surface area is 115 Å². The highest BCUT2D eigenvalue weighted by molar-refractivity contribution is 4.96. The van der Waals surface area contributed by atoms with Gasteiger partial charge in [0.25, 0.3) is 0 Å². The van der Waals surface area contributed by atoms with E-state index in [1.54, 1.807) is 0 Å². The Kier molecular flexibility index (Phi) is 6.37. The number of nitrogens with one attached hydrogen (secondary N) is 1. The van der Waals surface area contributed by atoms with Crippen molar-refractivity contribution >= 4 is 0 Å². The molecule has 2 rings (SSSR count). The van der Waals surface area contributed by atoms with Gasteiger partial charge >= 0.3 is 0 Å². The van der Waals surface area contributed by atoms with Gasteiger partial charge in [0.05, 0.1) is 12.3 Å². The average molecular weight is 266 g/mol. The molecule has 0 aliphatic carbocycles. The Bertz CT molecular complexity index is 346. The van der Waals surface area contributed by atoms with Crippen molar-refractivity contribution in [2.45, 2.75) is 58.0 Å². The van der Waals surface area contributed by atoms with E-state index < -0.39 is 0 Å². The number of aryl methyl sites for hydroxylation is 1. The predicted molar refractivity (Wildman–Crippen MR) is 75.3 cm³/mol. The highest BCUT2D eigenvalue weighted by atomic mass is 16.5. The quantitative estimate of drug-likeness (QED) is 0.735. The van der Waals surface area contributed by atoms with E-state index in [2.05, 4.69) is 17.2 Å². The summed E-state index contributed by atoms with van der Waals surface area (Å²) in [7, 11) is 0. The molecule has 0 radical (unpaired) electrons. The van der Waals surface area contributed by atoms with Gasteiger partial charge in [0.2, 0.25) is 0 Å². The van der Waals surface area contributed by atoms with Crippen LogP contribution < -0.4 is 5.32 Å². The zero-order chi connectivity index (χ0) is 13.3. The summed E-state index contributed by atoms with van der Waals surface area (Å²) in [4.78, 5) is 4.35. The average Bonchev–Trinajstić information content (AvgIpc) is 2.87. The number of hydrogen-bond donors (Lipinski definition) is 1. The van der Waals surface area contributed by atoms with E-state index in [0.29, 0.717) is 6.10 Å². The highest BCUT2D eigenvalue weighted by Crippen LogP contribution is 2.18. The first-order chi connectivity index (χ1) is 9.38. The van der Waals surface area contributed by atoms with Crippen LogP contribution in [0.3, 0.4) is 0 Å². The Hall–Kier alpha value is -0.870. The summed E-state index contributed by atoms with van der Waals surface area (Å²) in [5, 5.41) is 3.39. The van der Waals surface area contributed by atoms with Gasteiger partial charge in [0, 0.05) is 19.4 Å². The lowest BCUT2D eigenvalue weighted by molar-refractivity contribution is 0.0138. The third-order valence-electron chi connectivity index (χ3n) is 3.48. The number of nitrogens with zero attached hydrogens (tertiary/aromatic N) is 1. The molecule has 1 atom stereocenters. The zero-order valence-electron chi connectivity index (χ0n) is 12.0. The van der Waals surface area contributed by atoms with Crippen molar-refractivity contribution in [3.05, 3.63) is 17.8 Å². The van der Waals surface area contributed by atoms with E-state index in [4.69, 9.17) is 9.15 Å². The summed E-state index contributed by atoms with van der Waals surface area (Å²) in [6.45, 7) is 5.21. The first kappa shape index (κ1) is 14.5. The number of ether oxygens (including phenoxy) is 1. The minimum Gasteiger partial charge on any atom is -0.446 e. The van der Waals surface area contributed by atoms with Gasteiger partial charge in [0.15, 0.2) is 5.89 Å². The minimum absolute atomic E-state index is 0.334. The predicted octanol–water partition coefficient (Wildman–Crippen LogP) is 2.72. The second-order valence-electron chi connectivity index (χ2n) is 5.27. The first-order valence-electron chi connectivity index (χ1n) is 7.64. The largest absolute Gasteiger partial charge is 0.446 e.